The minimum absolute atomic E-state index is 0. The van der Waals surface area contributed by atoms with Gasteiger partial charge in [-0.2, -0.15) is 4.31 Å². The lowest BCUT2D eigenvalue weighted by Crippen LogP contribution is -2.35. The van der Waals surface area contributed by atoms with Crippen LogP contribution in [0.4, 0.5) is 5.69 Å². The molecule has 3 aromatic carbocycles. The van der Waals surface area contributed by atoms with E-state index in [1.165, 1.54) is 12.1 Å². The maximum absolute atomic E-state index is 13.1. The molecule has 12 heteroatoms. The number of carboxylic acids is 1. The number of nitrogen functional groups attached to an aromatic ring is 1. The Labute approximate surface area is 220 Å². The van der Waals surface area contributed by atoms with Crippen LogP contribution in [0.3, 0.4) is 0 Å². The largest absolute Gasteiger partial charge is 0.480 e. The zero-order valence-corrected chi connectivity index (χ0v) is 21.6. The molecule has 0 saturated heterocycles. The van der Waals surface area contributed by atoms with Crippen molar-refractivity contribution in [2.45, 2.75) is 18.0 Å². The Morgan fingerprint density at radius 1 is 1.11 bits per heavy atom. The molecule has 0 aliphatic rings. The summed E-state index contributed by atoms with van der Waals surface area (Å²) < 4.78 is 29.1. The van der Waals surface area contributed by atoms with Crippen molar-refractivity contribution in [3.8, 4) is 0 Å². The number of nitrogens with two attached hydrogens (primary N) is 1. The molecule has 4 aromatic rings. The van der Waals surface area contributed by atoms with Crippen molar-refractivity contribution in [2.75, 3.05) is 11.9 Å². The van der Waals surface area contributed by atoms with Gasteiger partial charge in [0.1, 0.15) is 18.2 Å². The first-order valence-corrected chi connectivity index (χ1v) is 12.5. The number of amidine groups is 1. The molecule has 0 amide bonds. The van der Waals surface area contributed by atoms with Gasteiger partial charge in [0.15, 0.2) is 0 Å². The number of aryl methyl sites for hydroxylation is 1. The van der Waals surface area contributed by atoms with Crippen LogP contribution in [0, 0.1) is 5.41 Å². The van der Waals surface area contributed by atoms with Crippen LogP contribution in [0.1, 0.15) is 17.0 Å². The lowest BCUT2D eigenvalue weighted by molar-refractivity contribution is -0.137. The number of carboxylic acid groups (broad SMARTS) is 1. The number of rotatable bonds is 10. The Morgan fingerprint density at radius 2 is 1.78 bits per heavy atom. The van der Waals surface area contributed by atoms with Crippen LogP contribution in [-0.2, 0) is 35.0 Å². The molecule has 0 spiro atoms. The second-order valence-corrected chi connectivity index (χ2v) is 10.2. The van der Waals surface area contributed by atoms with Gasteiger partial charge in [-0.25, -0.2) is 13.4 Å². The topological polar surface area (TPSA) is 154 Å². The van der Waals surface area contributed by atoms with E-state index in [9.17, 15) is 18.3 Å². The number of imidazole rings is 1. The van der Waals surface area contributed by atoms with Gasteiger partial charge in [-0.3, -0.25) is 10.2 Å². The molecule has 10 nitrogen and oxygen atoms in total. The molecular weight excluding hydrogens is 516 g/mol. The number of hydrogen-bond donors (Lipinski definition) is 4. The molecule has 0 unspecified atom stereocenters. The fourth-order valence-electron chi connectivity index (χ4n) is 3.82. The predicted octanol–water partition coefficient (Wildman–Crippen LogP) is 3.17. The smallest absolute Gasteiger partial charge is 0.318 e. The van der Waals surface area contributed by atoms with E-state index in [0.717, 1.165) is 21.3 Å². The second-order valence-electron chi connectivity index (χ2n) is 8.23. The summed E-state index contributed by atoms with van der Waals surface area (Å²) in [6.45, 7) is -0.325. The molecule has 37 heavy (non-hydrogen) atoms. The number of aromatic nitrogens is 2. The van der Waals surface area contributed by atoms with Gasteiger partial charge in [-0.15, -0.1) is 12.4 Å². The van der Waals surface area contributed by atoms with E-state index in [1.54, 1.807) is 42.5 Å². The van der Waals surface area contributed by atoms with E-state index in [1.807, 2.05) is 29.8 Å². The van der Waals surface area contributed by atoms with Crippen molar-refractivity contribution in [3.63, 3.8) is 0 Å². The summed E-state index contributed by atoms with van der Waals surface area (Å²) >= 11 is 0. The first kappa shape index (κ1) is 27.7. The number of halogens is 1. The van der Waals surface area contributed by atoms with Crippen molar-refractivity contribution in [2.24, 2.45) is 12.8 Å². The molecular formula is C25H27ClN6O4S. The van der Waals surface area contributed by atoms with Gasteiger partial charge in [0.2, 0.25) is 10.0 Å². The van der Waals surface area contributed by atoms with Gasteiger partial charge >= 0.3 is 5.97 Å². The molecule has 194 valence electrons. The minimum atomic E-state index is -4.00. The van der Waals surface area contributed by atoms with E-state index in [4.69, 9.17) is 11.1 Å². The Hall–Kier alpha value is -3.93. The van der Waals surface area contributed by atoms with Crippen LogP contribution in [0.2, 0.25) is 0 Å². The van der Waals surface area contributed by atoms with Crippen LogP contribution in [0.5, 0.6) is 0 Å². The molecule has 0 saturated carbocycles. The molecule has 5 N–H and O–H groups in total. The summed E-state index contributed by atoms with van der Waals surface area (Å²) in [6.07, 6.45) is 0. The van der Waals surface area contributed by atoms with Crippen molar-refractivity contribution >= 4 is 51.0 Å². The number of sulfonamides is 1. The number of nitrogens with zero attached hydrogens (tertiary/aromatic N) is 3. The number of carbonyl (C=O) groups is 1. The number of anilines is 1. The average Bonchev–Trinajstić information content (AvgIpc) is 3.17. The molecule has 1 heterocycles. The molecule has 1 aromatic heterocycles. The van der Waals surface area contributed by atoms with Crippen LogP contribution >= 0.6 is 12.4 Å². The van der Waals surface area contributed by atoms with Gasteiger partial charge in [0, 0.05) is 24.8 Å². The number of fused-ring (bicyclic) bond motifs is 1. The zero-order chi connectivity index (χ0) is 25.9. The normalized spacial score (nSPS) is 11.3. The first-order valence-electron chi connectivity index (χ1n) is 11.0. The quantitative estimate of drug-likeness (QED) is 0.177. The molecule has 0 aliphatic heterocycles. The number of aliphatic carboxylic acids is 1. The van der Waals surface area contributed by atoms with Crippen molar-refractivity contribution in [3.05, 3.63) is 89.7 Å². The van der Waals surface area contributed by atoms with Crippen molar-refractivity contribution in [1.29, 1.82) is 5.41 Å². The maximum Gasteiger partial charge on any atom is 0.318 e. The predicted molar refractivity (Wildman–Crippen MR) is 144 cm³/mol. The Bertz CT molecular complexity index is 1520. The summed E-state index contributed by atoms with van der Waals surface area (Å²) in [5.74, 6) is -0.471. The highest BCUT2D eigenvalue weighted by atomic mass is 35.5. The molecule has 4 rings (SSSR count). The van der Waals surface area contributed by atoms with E-state index >= 15 is 0 Å². The fourth-order valence-corrected chi connectivity index (χ4v) is 5.22. The fraction of sp³-hybridized carbons (Fsp3) is 0.160. The van der Waals surface area contributed by atoms with Crippen LogP contribution in [-0.4, -0.2) is 45.7 Å². The SMILES string of the molecule is Cl.Cn1c(CNc2ccc(C(=N)N)cc2)nc2cc(CN(CC(=O)O)S(=O)(=O)c3ccccc3)ccc21. The highest BCUT2D eigenvalue weighted by Gasteiger charge is 2.27. The highest BCUT2D eigenvalue weighted by Crippen LogP contribution is 2.22. The summed E-state index contributed by atoms with van der Waals surface area (Å²) in [4.78, 5) is 16.2. The maximum atomic E-state index is 13.1. The van der Waals surface area contributed by atoms with Crippen molar-refractivity contribution in [1.82, 2.24) is 13.9 Å². The third-order valence-corrected chi connectivity index (χ3v) is 7.54. The standard InChI is InChI=1S/C25H26N6O4S.ClH/c1-30-22-12-7-17(15-31(16-24(32)33)36(34,35)20-5-3-2-4-6-20)13-21(22)29-23(30)14-28-19-10-8-18(9-11-19)25(26)27;/h2-13,28H,14-16H2,1H3,(H3,26,27)(H,32,33);1H. The zero-order valence-electron chi connectivity index (χ0n) is 20.0. The Kier molecular flexibility index (Phi) is 8.53. The highest BCUT2D eigenvalue weighted by molar-refractivity contribution is 7.89. The lowest BCUT2D eigenvalue weighted by atomic mass is 10.2. The average molecular weight is 543 g/mol. The van der Waals surface area contributed by atoms with Crippen LogP contribution < -0.4 is 11.1 Å². The number of nitrogens with one attached hydrogen (secondary N) is 2. The van der Waals surface area contributed by atoms with E-state index in [0.29, 0.717) is 23.2 Å². The van der Waals surface area contributed by atoms with Crippen LogP contribution in [0.25, 0.3) is 11.0 Å². The summed E-state index contributed by atoms with van der Waals surface area (Å²) in [5.41, 5.74) is 9.14. The summed E-state index contributed by atoms with van der Waals surface area (Å²) in [6, 6.07) is 20.4. The Balaban J connectivity index is 0.00000380. The molecule has 0 bridgehead atoms. The Morgan fingerprint density at radius 3 is 2.41 bits per heavy atom. The summed E-state index contributed by atoms with van der Waals surface area (Å²) in [5, 5.41) is 20.1. The first-order chi connectivity index (χ1) is 17.1. The molecule has 0 fully saturated rings. The van der Waals surface area contributed by atoms with E-state index in [-0.39, 0.29) is 29.7 Å². The number of benzene rings is 3. The minimum Gasteiger partial charge on any atom is -0.480 e. The van der Waals surface area contributed by atoms with Gasteiger partial charge in [-0.1, -0.05) is 24.3 Å². The number of hydrogen-bond acceptors (Lipinski definition) is 6. The third-order valence-electron chi connectivity index (χ3n) is 5.74. The van der Waals surface area contributed by atoms with Gasteiger partial charge in [0.05, 0.1) is 22.5 Å². The summed E-state index contributed by atoms with van der Waals surface area (Å²) in [7, 11) is -2.11. The molecule has 0 atom stereocenters. The van der Waals surface area contributed by atoms with E-state index < -0.39 is 22.5 Å². The van der Waals surface area contributed by atoms with Gasteiger partial charge in [0.25, 0.3) is 0 Å². The lowest BCUT2D eigenvalue weighted by Gasteiger charge is -2.20. The van der Waals surface area contributed by atoms with Gasteiger partial charge in [-0.05, 0) is 54.1 Å². The third kappa shape index (κ3) is 6.26. The molecule has 0 aliphatic carbocycles. The second kappa shape index (κ2) is 11.4. The van der Waals surface area contributed by atoms with E-state index in [2.05, 4.69) is 10.3 Å². The van der Waals surface area contributed by atoms with Crippen molar-refractivity contribution < 1.29 is 18.3 Å². The van der Waals surface area contributed by atoms with Gasteiger partial charge < -0.3 is 20.7 Å². The van der Waals surface area contributed by atoms with Crippen LogP contribution in [0.15, 0.2) is 77.7 Å². The monoisotopic (exact) mass is 542 g/mol. The molecule has 0 radical (unpaired) electrons.